The summed E-state index contributed by atoms with van der Waals surface area (Å²) in [6.45, 7) is 7.39. The van der Waals surface area contributed by atoms with Crippen LogP contribution in [-0.4, -0.2) is 9.04 Å². The highest BCUT2D eigenvalue weighted by Crippen LogP contribution is 2.21. The molecule has 139 valence electrons. The van der Waals surface area contributed by atoms with Gasteiger partial charge < -0.3 is 4.43 Å². The fraction of sp³-hybridized carbons (Fsp3) is 0.280. The molecule has 3 rings (SSSR count). The predicted molar refractivity (Wildman–Crippen MR) is 117 cm³/mol. The molecule has 0 aliphatic heterocycles. The van der Waals surface area contributed by atoms with E-state index in [1.807, 2.05) is 0 Å². The van der Waals surface area contributed by atoms with Crippen LogP contribution in [0.5, 0.6) is 0 Å². The molecular weight excluding hydrogens is 344 g/mol. The molecule has 2 heteroatoms. The van der Waals surface area contributed by atoms with Crippen molar-refractivity contribution in [2.24, 2.45) is 0 Å². The lowest BCUT2D eigenvalue weighted by molar-refractivity contribution is 0.319. The summed E-state index contributed by atoms with van der Waals surface area (Å²) in [5, 5.41) is 2.59. The molecule has 0 heterocycles. The van der Waals surface area contributed by atoms with Crippen molar-refractivity contribution >= 4 is 19.4 Å². The average Bonchev–Trinajstić information content (AvgIpc) is 2.71. The van der Waals surface area contributed by atoms with Gasteiger partial charge in [0.05, 0.1) is 6.61 Å². The molecule has 0 N–H and O–H groups in total. The van der Waals surface area contributed by atoms with E-state index in [-0.39, 0.29) is 0 Å². The second kappa shape index (κ2) is 9.68. The Morgan fingerprint density at radius 1 is 0.778 bits per heavy atom. The summed E-state index contributed by atoms with van der Waals surface area (Å²) in [5.74, 6) is 0. The van der Waals surface area contributed by atoms with Gasteiger partial charge in [-0.05, 0) is 59.3 Å². The monoisotopic (exact) mass is 373 g/mol. The summed E-state index contributed by atoms with van der Waals surface area (Å²) in [4.78, 5) is 0. The molecule has 3 aromatic rings. The van der Waals surface area contributed by atoms with Crippen LogP contribution in [0.15, 0.2) is 72.8 Å². The summed E-state index contributed by atoms with van der Waals surface area (Å²) in [5.41, 5.74) is 5.56. The maximum absolute atomic E-state index is 6.62. The third-order valence-corrected chi connectivity index (χ3v) is 7.33. The summed E-state index contributed by atoms with van der Waals surface area (Å²) in [7, 11) is -1.26. The van der Waals surface area contributed by atoms with Gasteiger partial charge in [-0.25, -0.2) is 0 Å². The van der Waals surface area contributed by atoms with E-state index in [4.69, 9.17) is 4.43 Å². The number of rotatable bonds is 8. The van der Waals surface area contributed by atoms with Gasteiger partial charge in [0.2, 0.25) is 0 Å². The van der Waals surface area contributed by atoms with Crippen LogP contribution < -0.4 is 10.4 Å². The van der Waals surface area contributed by atoms with Gasteiger partial charge in [0.25, 0.3) is 9.04 Å². The van der Waals surface area contributed by atoms with Gasteiger partial charge in [-0.3, -0.25) is 0 Å². The highest BCUT2D eigenvalue weighted by molar-refractivity contribution is 6.80. The standard InChI is InChI=1S/C25H29OSi/c1-4-5-12-22-18-17-20(2)25(21(22)3)19-26-27(23-13-8-6-9-14-23)24-15-10-7-11-16-24/h6-11,13-18H,4-5,12,19H2,1-3H3. The van der Waals surface area contributed by atoms with Gasteiger partial charge >= 0.3 is 0 Å². The fourth-order valence-electron chi connectivity index (χ4n) is 3.46. The second-order valence-electron chi connectivity index (χ2n) is 7.10. The van der Waals surface area contributed by atoms with Crippen molar-refractivity contribution in [3.63, 3.8) is 0 Å². The Hall–Kier alpha value is -2.16. The second-order valence-corrected chi connectivity index (χ2v) is 9.20. The van der Waals surface area contributed by atoms with E-state index in [1.54, 1.807) is 0 Å². The molecule has 0 unspecified atom stereocenters. The first-order valence-corrected chi connectivity index (χ1v) is 11.3. The molecule has 1 radical (unpaired) electrons. The minimum absolute atomic E-state index is 0.676. The van der Waals surface area contributed by atoms with Crippen molar-refractivity contribution in [2.75, 3.05) is 0 Å². The molecule has 0 saturated heterocycles. The normalized spacial score (nSPS) is 11.1. The van der Waals surface area contributed by atoms with Crippen LogP contribution in [0, 0.1) is 13.8 Å². The summed E-state index contributed by atoms with van der Waals surface area (Å²) < 4.78 is 6.62. The Morgan fingerprint density at radius 3 is 1.93 bits per heavy atom. The molecule has 0 saturated carbocycles. The number of hydrogen-bond donors (Lipinski definition) is 0. The Kier molecular flexibility index (Phi) is 7.02. The maximum Gasteiger partial charge on any atom is 0.283 e. The first-order chi connectivity index (χ1) is 13.2. The van der Waals surface area contributed by atoms with Crippen molar-refractivity contribution in [1.82, 2.24) is 0 Å². The zero-order valence-electron chi connectivity index (χ0n) is 16.7. The fourth-order valence-corrected chi connectivity index (χ4v) is 5.40. The van der Waals surface area contributed by atoms with E-state index in [0.29, 0.717) is 6.61 Å². The van der Waals surface area contributed by atoms with Gasteiger partial charge in [-0.15, -0.1) is 0 Å². The highest BCUT2D eigenvalue weighted by Gasteiger charge is 2.20. The predicted octanol–water partition coefficient (Wildman–Crippen LogP) is 4.97. The van der Waals surface area contributed by atoms with Crippen LogP contribution in [0.2, 0.25) is 0 Å². The smallest absolute Gasteiger partial charge is 0.283 e. The Morgan fingerprint density at radius 2 is 1.37 bits per heavy atom. The van der Waals surface area contributed by atoms with Crippen LogP contribution in [-0.2, 0) is 17.5 Å². The molecule has 0 aliphatic rings. The Bertz CT molecular complexity index is 803. The number of unbranched alkanes of at least 4 members (excludes halogenated alkanes) is 1. The lowest BCUT2D eigenvalue weighted by Crippen LogP contribution is -2.44. The highest BCUT2D eigenvalue weighted by atomic mass is 28.3. The van der Waals surface area contributed by atoms with E-state index < -0.39 is 9.04 Å². The third kappa shape index (κ3) is 4.97. The summed E-state index contributed by atoms with van der Waals surface area (Å²) in [6.07, 6.45) is 3.63. The molecule has 0 fully saturated rings. The first-order valence-electron chi connectivity index (χ1n) is 9.89. The molecule has 0 aromatic heterocycles. The summed E-state index contributed by atoms with van der Waals surface area (Å²) in [6, 6.07) is 25.9. The van der Waals surface area contributed by atoms with E-state index >= 15 is 0 Å². The minimum Gasteiger partial charge on any atom is -0.403 e. The van der Waals surface area contributed by atoms with E-state index in [0.717, 1.165) is 6.42 Å². The van der Waals surface area contributed by atoms with Gasteiger partial charge in [-0.1, -0.05) is 86.1 Å². The molecule has 27 heavy (non-hydrogen) atoms. The van der Waals surface area contributed by atoms with E-state index in [2.05, 4.69) is 93.6 Å². The van der Waals surface area contributed by atoms with Gasteiger partial charge in [-0.2, -0.15) is 0 Å². The molecule has 0 aliphatic carbocycles. The summed E-state index contributed by atoms with van der Waals surface area (Å²) >= 11 is 0. The number of benzene rings is 3. The van der Waals surface area contributed by atoms with Crippen molar-refractivity contribution in [3.05, 3.63) is 95.1 Å². The topological polar surface area (TPSA) is 9.23 Å². The van der Waals surface area contributed by atoms with Crippen molar-refractivity contribution in [3.8, 4) is 0 Å². The van der Waals surface area contributed by atoms with Gasteiger partial charge in [0.15, 0.2) is 0 Å². The van der Waals surface area contributed by atoms with Crippen LogP contribution in [0.4, 0.5) is 0 Å². The van der Waals surface area contributed by atoms with E-state index in [9.17, 15) is 0 Å². The lowest BCUT2D eigenvalue weighted by Gasteiger charge is -2.19. The number of hydrogen-bond acceptors (Lipinski definition) is 1. The van der Waals surface area contributed by atoms with Crippen molar-refractivity contribution < 1.29 is 4.43 Å². The molecule has 3 aromatic carbocycles. The Labute approximate surface area is 165 Å². The van der Waals surface area contributed by atoms with Gasteiger partial charge in [0.1, 0.15) is 0 Å². The zero-order chi connectivity index (χ0) is 19.1. The van der Waals surface area contributed by atoms with Crippen molar-refractivity contribution in [2.45, 2.75) is 46.6 Å². The van der Waals surface area contributed by atoms with Crippen molar-refractivity contribution in [1.29, 1.82) is 0 Å². The van der Waals surface area contributed by atoms with Crippen LogP contribution in [0.1, 0.15) is 42.0 Å². The average molecular weight is 374 g/mol. The third-order valence-electron chi connectivity index (χ3n) is 5.18. The maximum atomic E-state index is 6.62. The quantitative estimate of drug-likeness (QED) is 0.507. The SMILES string of the molecule is CCCCc1ccc(C)c(CO[Si](c2ccccc2)c2ccccc2)c1C. The van der Waals surface area contributed by atoms with Crippen LogP contribution >= 0.6 is 0 Å². The van der Waals surface area contributed by atoms with E-state index in [1.165, 1.54) is 45.5 Å². The molecule has 1 nitrogen and oxygen atoms in total. The number of aryl methyl sites for hydroxylation is 2. The zero-order valence-corrected chi connectivity index (χ0v) is 17.7. The van der Waals surface area contributed by atoms with Crippen LogP contribution in [0.3, 0.4) is 0 Å². The van der Waals surface area contributed by atoms with Crippen LogP contribution in [0.25, 0.3) is 0 Å². The molecule has 0 spiro atoms. The lowest BCUT2D eigenvalue weighted by atomic mass is 9.95. The largest absolute Gasteiger partial charge is 0.403 e. The molecule has 0 amide bonds. The van der Waals surface area contributed by atoms with Gasteiger partial charge in [0, 0.05) is 0 Å². The minimum atomic E-state index is -1.26. The molecule has 0 atom stereocenters. The Balaban J connectivity index is 1.86. The molecular formula is C25H29OSi. The first kappa shape index (κ1) is 19.6. The molecule has 0 bridgehead atoms.